The van der Waals surface area contributed by atoms with Gasteiger partial charge in [-0.05, 0) is 36.6 Å². The summed E-state index contributed by atoms with van der Waals surface area (Å²) in [6, 6.07) is 6.22. The average molecular weight is 327 g/mol. The van der Waals surface area contributed by atoms with Crippen molar-refractivity contribution in [3.05, 3.63) is 42.0 Å². The highest BCUT2D eigenvalue weighted by atomic mass is 19.1. The summed E-state index contributed by atoms with van der Waals surface area (Å²) in [5, 5.41) is 2.78. The van der Waals surface area contributed by atoms with Crippen molar-refractivity contribution in [1.82, 2.24) is 9.97 Å². The first-order valence-electron chi connectivity index (χ1n) is 8.51. The Morgan fingerprint density at radius 2 is 1.92 bits per heavy atom. The molecule has 0 unspecified atom stereocenters. The molecule has 0 bridgehead atoms. The SMILES string of the molecule is CC(=O)Nc1ncc(-c2ccc(F)cc2)nc1CC1CCCCC1. The number of carbonyl (C=O) groups is 1. The Labute approximate surface area is 141 Å². The summed E-state index contributed by atoms with van der Waals surface area (Å²) in [6.45, 7) is 1.47. The van der Waals surface area contributed by atoms with Gasteiger partial charge in [-0.15, -0.1) is 0 Å². The first-order valence-corrected chi connectivity index (χ1v) is 8.51. The van der Waals surface area contributed by atoms with Gasteiger partial charge in [0.15, 0.2) is 5.82 Å². The molecule has 2 aromatic rings. The lowest BCUT2D eigenvalue weighted by atomic mass is 9.86. The number of hydrogen-bond acceptors (Lipinski definition) is 3. The van der Waals surface area contributed by atoms with E-state index in [1.807, 2.05) is 0 Å². The zero-order valence-electron chi connectivity index (χ0n) is 13.9. The second-order valence-corrected chi connectivity index (χ2v) is 6.45. The monoisotopic (exact) mass is 327 g/mol. The highest BCUT2D eigenvalue weighted by Crippen LogP contribution is 2.29. The Morgan fingerprint density at radius 1 is 1.21 bits per heavy atom. The molecular formula is C19H22FN3O. The molecule has 4 nitrogen and oxygen atoms in total. The van der Waals surface area contributed by atoms with Crippen LogP contribution in [0.4, 0.5) is 10.2 Å². The Hall–Kier alpha value is -2.30. The number of halogens is 1. The lowest BCUT2D eigenvalue weighted by molar-refractivity contribution is -0.114. The highest BCUT2D eigenvalue weighted by Gasteiger charge is 2.18. The minimum absolute atomic E-state index is 0.149. The van der Waals surface area contributed by atoms with Crippen LogP contribution in [0.5, 0.6) is 0 Å². The Balaban J connectivity index is 1.90. The van der Waals surface area contributed by atoms with Gasteiger partial charge in [-0.2, -0.15) is 0 Å². The van der Waals surface area contributed by atoms with E-state index in [1.165, 1.54) is 51.2 Å². The first kappa shape index (κ1) is 16.6. The zero-order chi connectivity index (χ0) is 16.9. The van der Waals surface area contributed by atoms with Gasteiger partial charge in [0.25, 0.3) is 0 Å². The van der Waals surface area contributed by atoms with Crippen molar-refractivity contribution in [3.8, 4) is 11.3 Å². The molecule has 0 saturated heterocycles. The van der Waals surface area contributed by atoms with E-state index in [4.69, 9.17) is 4.98 Å². The molecule has 0 aliphatic heterocycles. The fourth-order valence-corrected chi connectivity index (χ4v) is 3.27. The molecule has 0 radical (unpaired) electrons. The molecule has 3 rings (SSSR count). The van der Waals surface area contributed by atoms with Crippen molar-refractivity contribution in [3.63, 3.8) is 0 Å². The van der Waals surface area contributed by atoms with Crippen molar-refractivity contribution in [2.75, 3.05) is 5.32 Å². The third-order valence-corrected chi connectivity index (χ3v) is 4.49. The normalized spacial score (nSPS) is 15.2. The summed E-state index contributed by atoms with van der Waals surface area (Å²) in [7, 11) is 0. The van der Waals surface area contributed by atoms with Crippen LogP contribution in [0.15, 0.2) is 30.5 Å². The standard InChI is InChI=1S/C19H22FN3O/c1-13(24)22-19-17(11-14-5-3-2-4-6-14)23-18(12-21-19)15-7-9-16(20)10-8-15/h7-10,12,14H,2-6,11H2,1H3,(H,21,22,24). The number of amides is 1. The summed E-state index contributed by atoms with van der Waals surface area (Å²) in [5.74, 6) is 0.704. The van der Waals surface area contributed by atoms with Crippen molar-refractivity contribution in [1.29, 1.82) is 0 Å². The third kappa shape index (κ3) is 4.16. The number of nitrogens with zero attached hydrogens (tertiary/aromatic N) is 2. The molecule has 1 aliphatic rings. The van der Waals surface area contributed by atoms with E-state index < -0.39 is 0 Å². The Morgan fingerprint density at radius 3 is 2.58 bits per heavy atom. The topological polar surface area (TPSA) is 54.9 Å². The van der Waals surface area contributed by atoms with Gasteiger partial charge in [-0.25, -0.2) is 14.4 Å². The fraction of sp³-hybridized carbons (Fsp3) is 0.421. The summed E-state index contributed by atoms with van der Waals surface area (Å²) in [5.41, 5.74) is 2.34. The number of aromatic nitrogens is 2. The Bertz CT molecular complexity index is 709. The second-order valence-electron chi connectivity index (χ2n) is 6.45. The van der Waals surface area contributed by atoms with Crippen molar-refractivity contribution in [2.45, 2.75) is 45.4 Å². The number of anilines is 1. The summed E-state index contributed by atoms with van der Waals surface area (Å²) in [4.78, 5) is 20.5. The number of rotatable bonds is 4. The molecule has 1 aliphatic carbocycles. The predicted molar refractivity (Wildman–Crippen MR) is 92.0 cm³/mol. The largest absolute Gasteiger partial charge is 0.309 e. The van der Waals surface area contributed by atoms with Crippen LogP contribution >= 0.6 is 0 Å². The number of hydrogen-bond donors (Lipinski definition) is 1. The molecule has 0 atom stereocenters. The lowest BCUT2D eigenvalue weighted by Crippen LogP contribution is -2.16. The second kappa shape index (κ2) is 7.51. The molecule has 1 N–H and O–H groups in total. The van der Waals surface area contributed by atoms with E-state index in [2.05, 4.69) is 10.3 Å². The fourth-order valence-electron chi connectivity index (χ4n) is 3.27. The summed E-state index contributed by atoms with van der Waals surface area (Å²) >= 11 is 0. The van der Waals surface area contributed by atoms with Crippen LogP contribution in [-0.4, -0.2) is 15.9 Å². The maximum Gasteiger partial charge on any atom is 0.222 e. The van der Waals surface area contributed by atoms with Crippen LogP contribution in [0.2, 0.25) is 0 Å². The van der Waals surface area contributed by atoms with E-state index in [0.717, 1.165) is 17.7 Å². The predicted octanol–water partition coefficient (Wildman–Crippen LogP) is 4.36. The van der Waals surface area contributed by atoms with Crippen molar-refractivity contribution in [2.24, 2.45) is 5.92 Å². The van der Waals surface area contributed by atoms with Crippen LogP contribution < -0.4 is 5.32 Å². The number of benzene rings is 1. The molecule has 1 fully saturated rings. The maximum atomic E-state index is 13.1. The zero-order valence-corrected chi connectivity index (χ0v) is 13.9. The first-order chi connectivity index (χ1) is 11.6. The van der Waals surface area contributed by atoms with Crippen LogP contribution in [0.1, 0.15) is 44.7 Å². The molecule has 1 saturated carbocycles. The van der Waals surface area contributed by atoms with Gasteiger partial charge in [0.05, 0.1) is 17.6 Å². The van der Waals surface area contributed by atoms with Gasteiger partial charge in [-0.3, -0.25) is 4.79 Å². The summed E-state index contributed by atoms with van der Waals surface area (Å²) < 4.78 is 13.1. The smallest absolute Gasteiger partial charge is 0.222 e. The van der Waals surface area contributed by atoms with Crippen molar-refractivity contribution < 1.29 is 9.18 Å². The lowest BCUT2D eigenvalue weighted by Gasteiger charge is -2.22. The van der Waals surface area contributed by atoms with Crippen molar-refractivity contribution >= 4 is 11.7 Å². The van der Waals surface area contributed by atoms with Gasteiger partial charge in [0, 0.05) is 12.5 Å². The van der Waals surface area contributed by atoms with Gasteiger partial charge in [0.1, 0.15) is 5.82 Å². The molecule has 1 aromatic carbocycles. The Kier molecular flexibility index (Phi) is 5.18. The molecule has 1 aromatic heterocycles. The van der Waals surface area contributed by atoms with Crippen LogP contribution in [0.25, 0.3) is 11.3 Å². The van der Waals surface area contributed by atoms with Gasteiger partial charge in [-0.1, -0.05) is 32.1 Å². The number of carbonyl (C=O) groups excluding carboxylic acids is 1. The van der Waals surface area contributed by atoms with E-state index in [-0.39, 0.29) is 11.7 Å². The molecule has 1 heterocycles. The molecule has 1 amide bonds. The minimum Gasteiger partial charge on any atom is -0.309 e. The van der Waals surface area contributed by atoms with Crippen LogP contribution in [0, 0.1) is 11.7 Å². The van der Waals surface area contributed by atoms with E-state index in [9.17, 15) is 9.18 Å². The number of nitrogens with one attached hydrogen (secondary N) is 1. The van der Waals surface area contributed by atoms with Gasteiger partial charge < -0.3 is 5.32 Å². The maximum absolute atomic E-state index is 13.1. The van der Waals surface area contributed by atoms with E-state index in [1.54, 1.807) is 18.3 Å². The van der Waals surface area contributed by atoms with E-state index in [0.29, 0.717) is 17.4 Å². The van der Waals surface area contributed by atoms with Crippen LogP contribution in [0.3, 0.4) is 0 Å². The van der Waals surface area contributed by atoms with E-state index >= 15 is 0 Å². The molecule has 0 spiro atoms. The molecule has 5 heteroatoms. The molecule has 126 valence electrons. The molecular weight excluding hydrogens is 305 g/mol. The average Bonchev–Trinajstić information content (AvgIpc) is 2.58. The van der Waals surface area contributed by atoms with Crippen LogP contribution in [-0.2, 0) is 11.2 Å². The highest BCUT2D eigenvalue weighted by molar-refractivity contribution is 5.88. The van der Waals surface area contributed by atoms with Gasteiger partial charge in [0.2, 0.25) is 5.91 Å². The minimum atomic E-state index is -0.274. The summed E-state index contributed by atoms with van der Waals surface area (Å²) in [6.07, 6.45) is 8.65. The third-order valence-electron chi connectivity index (χ3n) is 4.49. The quantitative estimate of drug-likeness (QED) is 0.907. The van der Waals surface area contributed by atoms with Gasteiger partial charge >= 0.3 is 0 Å². The molecule has 24 heavy (non-hydrogen) atoms.